The van der Waals surface area contributed by atoms with Crippen LogP contribution in [0.4, 0.5) is 22.9 Å². The molecule has 5 N–H and O–H groups in total. The van der Waals surface area contributed by atoms with E-state index < -0.39 is 0 Å². The third-order valence-electron chi connectivity index (χ3n) is 3.27. The van der Waals surface area contributed by atoms with Crippen LogP contribution in [0.15, 0.2) is 24.3 Å². The number of benzene rings is 1. The Morgan fingerprint density at radius 1 is 1.40 bits per heavy atom. The molecule has 2 rings (SSSR count). The van der Waals surface area contributed by atoms with Gasteiger partial charge in [-0.25, -0.2) is 0 Å². The van der Waals surface area contributed by atoms with E-state index >= 15 is 0 Å². The molecule has 0 atom stereocenters. The summed E-state index contributed by atoms with van der Waals surface area (Å²) in [5.41, 5.74) is 7.12. The molecule has 8 nitrogen and oxygen atoms in total. The van der Waals surface area contributed by atoms with E-state index in [-0.39, 0.29) is 28.8 Å². The van der Waals surface area contributed by atoms with Crippen molar-refractivity contribution in [2.24, 2.45) is 0 Å². The summed E-state index contributed by atoms with van der Waals surface area (Å²) in [5.74, 6) is 0.227. The normalized spacial score (nSPS) is 9.96. The number of nitrogens with zero attached hydrogens (tertiary/aromatic N) is 2. The highest BCUT2D eigenvalue weighted by atomic mass is 16.5. The molecule has 0 unspecified atom stereocenters. The van der Waals surface area contributed by atoms with Crippen molar-refractivity contribution in [2.75, 3.05) is 23.0 Å². The van der Waals surface area contributed by atoms with Gasteiger partial charge in [-0.05, 0) is 19.1 Å². The second-order valence-electron chi connectivity index (χ2n) is 5.08. The minimum Gasteiger partial charge on any atom is -0.506 e. The lowest BCUT2D eigenvalue weighted by Gasteiger charge is -2.12. The van der Waals surface area contributed by atoms with Gasteiger partial charge >= 0.3 is 0 Å². The number of ether oxygens (including phenoxy) is 1. The van der Waals surface area contributed by atoms with Gasteiger partial charge in [0.15, 0.2) is 0 Å². The quantitative estimate of drug-likeness (QED) is 0.594. The van der Waals surface area contributed by atoms with Crippen molar-refractivity contribution in [3.63, 3.8) is 0 Å². The topological polar surface area (TPSA) is 133 Å². The summed E-state index contributed by atoms with van der Waals surface area (Å²) in [4.78, 5) is 15.6. The number of anilines is 4. The second kappa shape index (κ2) is 7.88. The average Bonchev–Trinajstić information content (AvgIpc) is 2.57. The van der Waals surface area contributed by atoms with E-state index in [2.05, 4.69) is 15.6 Å². The maximum atomic E-state index is 11.4. The highest BCUT2D eigenvalue weighted by Crippen LogP contribution is 2.30. The number of phenolic OH excluding ortho intramolecular Hbond substituents is 1. The van der Waals surface area contributed by atoms with Crippen LogP contribution in [0.5, 0.6) is 11.6 Å². The van der Waals surface area contributed by atoms with E-state index in [4.69, 9.17) is 15.7 Å². The Labute approximate surface area is 145 Å². The summed E-state index contributed by atoms with van der Waals surface area (Å²) in [6, 6.07) is 8.15. The van der Waals surface area contributed by atoms with Crippen molar-refractivity contribution in [2.45, 2.75) is 20.3 Å². The fourth-order valence-electron chi connectivity index (χ4n) is 2.06. The molecule has 0 radical (unpaired) electrons. The van der Waals surface area contributed by atoms with Crippen LogP contribution in [0, 0.1) is 11.3 Å². The average molecular weight is 341 g/mol. The number of rotatable bonds is 6. The minimum atomic E-state index is -0.195. The van der Waals surface area contributed by atoms with Crippen LogP contribution < -0.4 is 21.1 Å². The highest BCUT2D eigenvalue weighted by Gasteiger charge is 2.12. The van der Waals surface area contributed by atoms with Crippen LogP contribution in [-0.2, 0) is 4.79 Å². The first kappa shape index (κ1) is 17.9. The molecule has 1 amide bonds. The van der Waals surface area contributed by atoms with Gasteiger partial charge in [0.05, 0.1) is 18.0 Å². The molecule has 8 heteroatoms. The minimum absolute atomic E-state index is 0.0848. The molecule has 130 valence electrons. The van der Waals surface area contributed by atoms with Gasteiger partial charge in [-0.1, -0.05) is 6.92 Å². The Morgan fingerprint density at radius 3 is 2.76 bits per heavy atom. The Kier molecular flexibility index (Phi) is 5.63. The van der Waals surface area contributed by atoms with Crippen molar-refractivity contribution in [1.29, 1.82) is 5.26 Å². The summed E-state index contributed by atoms with van der Waals surface area (Å²) in [5, 5.41) is 24.7. The SMILES string of the molecule is CCOc1nc(Nc2ccc(NC(=O)CC)c(O)c2)cc(N)c1C#N. The molecule has 0 saturated carbocycles. The summed E-state index contributed by atoms with van der Waals surface area (Å²) in [6.07, 6.45) is 0.314. The molecule has 0 aliphatic rings. The predicted octanol–water partition coefficient (Wildman–Crippen LogP) is 2.73. The van der Waals surface area contributed by atoms with E-state index in [1.54, 1.807) is 26.0 Å². The zero-order valence-corrected chi connectivity index (χ0v) is 14.0. The van der Waals surface area contributed by atoms with Gasteiger partial charge in [-0.15, -0.1) is 0 Å². The van der Waals surface area contributed by atoms with Crippen LogP contribution in [-0.4, -0.2) is 22.6 Å². The number of nitrogens with one attached hydrogen (secondary N) is 2. The fraction of sp³-hybridized carbons (Fsp3) is 0.235. The number of nitrogens with two attached hydrogens (primary N) is 1. The summed E-state index contributed by atoms with van der Waals surface area (Å²) < 4.78 is 5.34. The lowest BCUT2D eigenvalue weighted by molar-refractivity contribution is -0.115. The Hall–Kier alpha value is -3.47. The Balaban J connectivity index is 2.26. The molecule has 0 saturated heterocycles. The molecule has 2 aromatic rings. The lowest BCUT2D eigenvalue weighted by Crippen LogP contribution is -2.09. The van der Waals surface area contributed by atoms with E-state index in [9.17, 15) is 9.90 Å². The van der Waals surface area contributed by atoms with Crippen molar-refractivity contribution < 1.29 is 14.6 Å². The number of hydrogen-bond acceptors (Lipinski definition) is 7. The van der Waals surface area contributed by atoms with Crippen molar-refractivity contribution in [3.8, 4) is 17.7 Å². The summed E-state index contributed by atoms with van der Waals surface area (Å²) in [6.45, 7) is 3.84. The van der Waals surface area contributed by atoms with Gasteiger partial charge in [0.1, 0.15) is 23.2 Å². The largest absolute Gasteiger partial charge is 0.506 e. The van der Waals surface area contributed by atoms with Gasteiger partial charge in [0.25, 0.3) is 0 Å². The maximum Gasteiger partial charge on any atom is 0.235 e. The first-order valence-corrected chi connectivity index (χ1v) is 7.71. The van der Waals surface area contributed by atoms with Crippen LogP contribution in [0.25, 0.3) is 0 Å². The molecule has 0 bridgehead atoms. The van der Waals surface area contributed by atoms with Crippen LogP contribution in [0.1, 0.15) is 25.8 Å². The molecule has 0 spiro atoms. The Bertz CT molecular complexity index is 830. The molecule has 0 aliphatic heterocycles. The number of nitriles is 1. The predicted molar refractivity (Wildman–Crippen MR) is 94.8 cm³/mol. The number of nitrogen functional groups attached to an aromatic ring is 1. The number of aromatic nitrogens is 1. The molecule has 1 aromatic carbocycles. The molecule has 1 aromatic heterocycles. The zero-order chi connectivity index (χ0) is 18.4. The number of phenols is 1. The third-order valence-corrected chi connectivity index (χ3v) is 3.27. The van der Waals surface area contributed by atoms with E-state index in [0.717, 1.165) is 0 Å². The van der Waals surface area contributed by atoms with Gasteiger partial charge in [0.2, 0.25) is 11.8 Å². The first-order valence-electron chi connectivity index (χ1n) is 7.71. The molecule has 1 heterocycles. The monoisotopic (exact) mass is 341 g/mol. The van der Waals surface area contributed by atoms with Crippen LogP contribution >= 0.6 is 0 Å². The molecular formula is C17H19N5O3. The van der Waals surface area contributed by atoms with E-state index in [1.165, 1.54) is 12.1 Å². The maximum absolute atomic E-state index is 11.4. The second-order valence-corrected chi connectivity index (χ2v) is 5.08. The number of carbonyl (C=O) groups is 1. The number of amides is 1. The summed E-state index contributed by atoms with van der Waals surface area (Å²) in [7, 11) is 0. The fourth-order valence-corrected chi connectivity index (χ4v) is 2.06. The molecule has 0 fully saturated rings. The van der Waals surface area contributed by atoms with Gasteiger partial charge in [-0.2, -0.15) is 10.2 Å². The standard InChI is InChI=1S/C17H19N5O3/c1-3-16(24)21-13-6-5-10(7-14(13)23)20-15-8-12(19)11(9-18)17(22-15)25-4-2/h5-8,23H,3-4H2,1-2H3,(H,21,24)(H3,19,20,22). The lowest BCUT2D eigenvalue weighted by atomic mass is 10.2. The Morgan fingerprint density at radius 2 is 2.16 bits per heavy atom. The highest BCUT2D eigenvalue weighted by molar-refractivity contribution is 5.92. The van der Waals surface area contributed by atoms with Gasteiger partial charge in [-0.3, -0.25) is 4.79 Å². The van der Waals surface area contributed by atoms with Crippen molar-refractivity contribution in [3.05, 3.63) is 29.8 Å². The number of pyridine rings is 1. The number of aromatic hydroxyl groups is 1. The van der Waals surface area contributed by atoms with E-state index in [1.807, 2.05) is 6.07 Å². The van der Waals surface area contributed by atoms with Gasteiger partial charge in [0, 0.05) is 24.2 Å². The zero-order valence-electron chi connectivity index (χ0n) is 14.0. The molecular weight excluding hydrogens is 322 g/mol. The van der Waals surface area contributed by atoms with Crippen molar-refractivity contribution in [1.82, 2.24) is 4.98 Å². The van der Waals surface area contributed by atoms with Crippen LogP contribution in [0.2, 0.25) is 0 Å². The molecule has 0 aliphatic carbocycles. The smallest absolute Gasteiger partial charge is 0.235 e. The van der Waals surface area contributed by atoms with Crippen molar-refractivity contribution >= 4 is 28.8 Å². The van der Waals surface area contributed by atoms with Crippen LogP contribution in [0.3, 0.4) is 0 Å². The molecule has 25 heavy (non-hydrogen) atoms. The number of hydrogen-bond donors (Lipinski definition) is 4. The summed E-state index contributed by atoms with van der Waals surface area (Å²) >= 11 is 0. The third kappa shape index (κ3) is 4.29. The number of carbonyl (C=O) groups excluding carboxylic acids is 1. The van der Waals surface area contributed by atoms with E-state index in [0.29, 0.717) is 30.2 Å². The van der Waals surface area contributed by atoms with Gasteiger partial charge < -0.3 is 26.2 Å². The first-order chi connectivity index (χ1) is 12.0.